The Labute approximate surface area is 191 Å². The van der Waals surface area contributed by atoms with Crippen LogP contribution in [0.15, 0.2) is 109 Å². The van der Waals surface area contributed by atoms with Gasteiger partial charge in [0.25, 0.3) is 0 Å². The number of benzene rings is 4. The summed E-state index contributed by atoms with van der Waals surface area (Å²) in [5, 5.41) is 0. The smallest absolute Gasteiger partial charge is 0.0610 e. The van der Waals surface area contributed by atoms with E-state index in [0.717, 1.165) is 17.1 Å². The topological polar surface area (TPSA) is 6.48 Å². The van der Waals surface area contributed by atoms with E-state index in [1.807, 2.05) is 0 Å². The monoisotopic (exact) mass is 418 g/mol. The fraction of sp³-hybridized carbons (Fsp3) is 0.200. The van der Waals surface area contributed by atoms with Gasteiger partial charge in [0.2, 0.25) is 0 Å². The average molecular weight is 419 g/mol. The molecule has 0 saturated heterocycles. The second-order valence-corrected chi connectivity index (χ2v) is 9.52. The lowest BCUT2D eigenvalue weighted by molar-refractivity contribution is 0.403. The lowest BCUT2D eigenvalue weighted by Gasteiger charge is -2.43. The van der Waals surface area contributed by atoms with Crippen molar-refractivity contribution < 1.29 is 0 Å². The second-order valence-electron chi connectivity index (χ2n) is 9.52. The normalized spacial score (nSPS) is 15.9. The van der Waals surface area contributed by atoms with Crippen molar-refractivity contribution in [3.8, 4) is 0 Å². The molecule has 0 radical (unpaired) electrons. The Morgan fingerprint density at radius 3 is 1.28 bits per heavy atom. The predicted molar refractivity (Wildman–Crippen MR) is 136 cm³/mol. The Bertz CT molecular complexity index is 1130. The molecule has 0 atom stereocenters. The van der Waals surface area contributed by atoms with Crippen molar-refractivity contribution in [2.75, 3.05) is 9.80 Å². The highest BCUT2D eigenvalue weighted by Gasteiger charge is 2.48. The zero-order valence-electron chi connectivity index (χ0n) is 19.3. The van der Waals surface area contributed by atoms with Crippen molar-refractivity contribution in [2.45, 2.75) is 38.8 Å². The minimum absolute atomic E-state index is 0.0832. The van der Waals surface area contributed by atoms with E-state index in [4.69, 9.17) is 0 Å². The Balaban J connectivity index is 1.57. The van der Waals surface area contributed by atoms with Crippen molar-refractivity contribution in [3.63, 3.8) is 0 Å². The van der Waals surface area contributed by atoms with Crippen molar-refractivity contribution in [2.24, 2.45) is 0 Å². The van der Waals surface area contributed by atoms with E-state index in [2.05, 4.69) is 147 Å². The largest absolute Gasteiger partial charge is 0.353 e. The summed E-state index contributed by atoms with van der Waals surface area (Å²) in [5.74, 6) is 0. The molecule has 0 aliphatic carbocycles. The van der Waals surface area contributed by atoms with E-state index >= 15 is 0 Å². The Morgan fingerprint density at radius 2 is 0.844 bits per heavy atom. The summed E-state index contributed by atoms with van der Waals surface area (Å²) in [6.07, 6.45) is 0. The van der Waals surface area contributed by atoms with E-state index < -0.39 is 0 Å². The number of anilines is 4. The van der Waals surface area contributed by atoms with Gasteiger partial charge in [-0.25, -0.2) is 0 Å². The van der Waals surface area contributed by atoms with Crippen molar-refractivity contribution in [3.05, 3.63) is 120 Å². The molecule has 0 spiro atoms. The standard InChI is InChI=1S/C30H30N2/c1-29(2)27-17-11-12-18-28(27)30(3,4)32(29)26-21-19-25(20-22-26)31(23-13-7-5-8-14-23)24-15-9-6-10-16-24/h5-22H,1-4H3. The maximum Gasteiger partial charge on any atom is 0.0610 e. The van der Waals surface area contributed by atoms with Gasteiger partial charge in [-0.1, -0.05) is 60.7 Å². The first-order valence-electron chi connectivity index (χ1n) is 11.3. The average Bonchev–Trinajstić information content (AvgIpc) is 2.98. The molecule has 0 N–H and O–H groups in total. The van der Waals surface area contributed by atoms with E-state index in [1.165, 1.54) is 16.8 Å². The lowest BCUT2D eigenvalue weighted by Crippen LogP contribution is -2.45. The van der Waals surface area contributed by atoms with E-state index in [9.17, 15) is 0 Å². The summed E-state index contributed by atoms with van der Waals surface area (Å²) in [7, 11) is 0. The number of nitrogens with zero attached hydrogens (tertiary/aromatic N) is 2. The number of hydrogen-bond acceptors (Lipinski definition) is 2. The third-order valence-corrected chi connectivity index (χ3v) is 6.76. The number of hydrogen-bond donors (Lipinski definition) is 0. The van der Waals surface area contributed by atoms with Crippen LogP contribution in [0.3, 0.4) is 0 Å². The summed E-state index contributed by atoms with van der Waals surface area (Å²) in [5.41, 5.74) is 7.34. The van der Waals surface area contributed by atoms with Crippen LogP contribution in [0, 0.1) is 0 Å². The fourth-order valence-corrected chi connectivity index (χ4v) is 5.49. The Hall–Kier alpha value is -3.52. The quantitative estimate of drug-likeness (QED) is 0.330. The molecule has 0 saturated carbocycles. The van der Waals surface area contributed by atoms with Gasteiger partial charge in [-0.05, 0) is 87.4 Å². The maximum absolute atomic E-state index is 2.56. The van der Waals surface area contributed by atoms with Gasteiger partial charge < -0.3 is 9.80 Å². The molecule has 0 unspecified atom stereocenters. The molecule has 0 amide bonds. The molecule has 1 aliphatic rings. The third-order valence-electron chi connectivity index (χ3n) is 6.76. The van der Waals surface area contributed by atoms with Gasteiger partial charge in [0.15, 0.2) is 0 Å². The first kappa shape index (κ1) is 20.4. The molecular formula is C30H30N2. The maximum atomic E-state index is 2.56. The number of fused-ring (bicyclic) bond motifs is 1. The molecule has 2 nitrogen and oxygen atoms in total. The Morgan fingerprint density at radius 1 is 0.469 bits per heavy atom. The number of para-hydroxylation sites is 2. The summed E-state index contributed by atoms with van der Waals surface area (Å²) in [6, 6.07) is 39.0. The van der Waals surface area contributed by atoms with Crippen LogP contribution in [0.1, 0.15) is 38.8 Å². The van der Waals surface area contributed by atoms with Crippen molar-refractivity contribution in [1.82, 2.24) is 0 Å². The summed E-state index contributed by atoms with van der Waals surface area (Å²) >= 11 is 0. The van der Waals surface area contributed by atoms with Crippen LogP contribution in [0.2, 0.25) is 0 Å². The van der Waals surface area contributed by atoms with Crippen LogP contribution in [0.5, 0.6) is 0 Å². The molecular weight excluding hydrogens is 388 g/mol. The minimum atomic E-state index is -0.0832. The zero-order valence-corrected chi connectivity index (χ0v) is 19.3. The van der Waals surface area contributed by atoms with E-state index in [0.29, 0.717) is 0 Å². The van der Waals surface area contributed by atoms with Gasteiger partial charge in [-0.3, -0.25) is 0 Å². The van der Waals surface area contributed by atoms with Crippen molar-refractivity contribution >= 4 is 22.7 Å². The highest BCUT2D eigenvalue weighted by atomic mass is 15.3. The van der Waals surface area contributed by atoms with Crippen LogP contribution >= 0.6 is 0 Å². The van der Waals surface area contributed by atoms with Crippen molar-refractivity contribution in [1.29, 1.82) is 0 Å². The molecule has 0 fully saturated rings. The van der Waals surface area contributed by atoms with Gasteiger partial charge in [-0.2, -0.15) is 0 Å². The van der Waals surface area contributed by atoms with Crippen LogP contribution in [0.25, 0.3) is 0 Å². The van der Waals surface area contributed by atoms with E-state index in [1.54, 1.807) is 0 Å². The molecule has 2 heteroatoms. The van der Waals surface area contributed by atoms with Crippen LogP contribution < -0.4 is 9.80 Å². The molecule has 1 aliphatic heterocycles. The van der Waals surface area contributed by atoms with Gasteiger partial charge in [-0.15, -0.1) is 0 Å². The summed E-state index contributed by atoms with van der Waals surface area (Å²) in [6.45, 7) is 9.31. The molecule has 160 valence electrons. The molecule has 5 rings (SSSR count). The van der Waals surface area contributed by atoms with E-state index in [-0.39, 0.29) is 11.1 Å². The SMILES string of the molecule is CC1(C)c2ccccc2C(C)(C)N1c1ccc(N(c2ccccc2)c2ccccc2)cc1. The molecule has 0 aromatic heterocycles. The zero-order chi connectivity index (χ0) is 22.3. The first-order valence-corrected chi connectivity index (χ1v) is 11.3. The van der Waals surface area contributed by atoms with Gasteiger partial charge in [0, 0.05) is 22.7 Å². The van der Waals surface area contributed by atoms with Gasteiger partial charge in [0.05, 0.1) is 11.1 Å². The minimum Gasteiger partial charge on any atom is -0.353 e. The summed E-state index contributed by atoms with van der Waals surface area (Å²) in [4.78, 5) is 4.86. The van der Waals surface area contributed by atoms with Gasteiger partial charge in [0.1, 0.15) is 0 Å². The molecule has 1 heterocycles. The number of rotatable bonds is 4. The Kier molecular flexibility index (Phi) is 4.82. The van der Waals surface area contributed by atoms with Crippen LogP contribution in [0.4, 0.5) is 22.7 Å². The molecule has 4 aromatic rings. The molecule has 0 bridgehead atoms. The van der Waals surface area contributed by atoms with Crippen LogP contribution in [-0.2, 0) is 11.1 Å². The molecule has 32 heavy (non-hydrogen) atoms. The predicted octanol–water partition coefficient (Wildman–Crippen LogP) is 8.15. The van der Waals surface area contributed by atoms with Crippen LogP contribution in [-0.4, -0.2) is 0 Å². The van der Waals surface area contributed by atoms with Gasteiger partial charge >= 0.3 is 0 Å². The first-order chi connectivity index (χ1) is 15.4. The second kappa shape index (κ2) is 7.56. The molecule has 4 aromatic carbocycles. The third kappa shape index (κ3) is 3.18. The summed E-state index contributed by atoms with van der Waals surface area (Å²) < 4.78 is 0. The highest BCUT2D eigenvalue weighted by molar-refractivity contribution is 5.77. The highest BCUT2D eigenvalue weighted by Crippen LogP contribution is 2.51. The lowest BCUT2D eigenvalue weighted by atomic mass is 9.91. The fourth-order valence-electron chi connectivity index (χ4n) is 5.49.